The van der Waals surface area contributed by atoms with Crippen molar-refractivity contribution in [2.75, 3.05) is 13.7 Å². The summed E-state index contributed by atoms with van der Waals surface area (Å²) in [5.41, 5.74) is 0. The Hall–Kier alpha value is -2.12. The first-order valence-corrected chi connectivity index (χ1v) is 12.7. The molecule has 192 valence electrons. The molecule has 0 saturated carbocycles. The van der Waals surface area contributed by atoms with Crippen LogP contribution in [0.3, 0.4) is 0 Å². The van der Waals surface area contributed by atoms with Gasteiger partial charge in [0.05, 0.1) is 7.11 Å². The molecule has 2 amide bonds. The number of carboxylic acids is 1. The molecule has 0 saturated heterocycles. The molecule has 0 aliphatic carbocycles. The number of hydrogen-bond donors (Lipinski definition) is 3. The molecule has 0 heterocycles. The lowest BCUT2D eigenvalue weighted by molar-refractivity contribution is -0.142. The van der Waals surface area contributed by atoms with Gasteiger partial charge in [-0.15, -0.1) is 0 Å². The van der Waals surface area contributed by atoms with E-state index in [1.54, 1.807) is 0 Å². The van der Waals surface area contributed by atoms with Gasteiger partial charge in [-0.25, -0.2) is 4.79 Å². The number of aliphatic carboxylic acids is 1. The van der Waals surface area contributed by atoms with Crippen LogP contribution in [0.5, 0.6) is 0 Å². The molecule has 0 aliphatic heterocycles. The van der Waals surface area contributed by atoms with Crippen LogP contribution in [0, 0.1) is 0 Å². The van der Waals surface area contributed by atoms with Crippen molar-refractivity contribution >= 4 is 23.8 Å². The number of carbonyl (C=O) groups is 4. The molecule has 0 radical (unpaired) electrons. The van der Waals surface area contributed by atoms with Gasteiger partial charge in [-0.3, -0.25) is 14.4 Å². The highest BCUT2D eigenvalue weighted by molar-refractivity contribution is 5.83. The van der Waals surface area contributed by atoms with Crippen LogP contribution in [0.4, 0.5) is 0 Å². The predicted molar refractivity (Wildman–Crippen MR) is 129 cm³/mol. The molecule has 0 aromatic heterocycles. The highest BCUT2D eigenvalue weighted by Crippen LogP contribution is 2.13. The van der Waals surface area contributed by atoms with Crippen LogP contribution in [0.1, 0.15) is 116 Å². The third kappa shape index (κ3) is 21.5. The van der Waals surface area contributed by atoms with Crippen molar-refractivity contribution < 1.29 is 29.0 Å². The summed E-state index contributed by atoms with van der Waals surface area (Å²) in [6.07, 6.45) is 16.0. The van der Waals surface area contributed by atoms with Crippen molar-refractivity contribution in [2.45, 2.75) is 122 Å². The first-order chi connectivity index (χ1) is 15.9. The van der Waals surface area contributed by atoms with Gasteiger partial charge in [-0.05, 0) is 32.1 Å². The van der Waals surface area contributed by atoms with Gasteiger partial charge in [0.2, 0.25) is 11.8 Å². The zero-order chi connectivity index (χ0) is 24.7. The van der Waals surface area contributed by atoms with Gasteiger partial charge in [0.1, 0.15) is 6.04 Å². The molecular weight excluding hydrogens is 424 g/mol. The summed E-state index contributed by atoms with van der Waals surface area (Å²) in [7, 11) is 1.43. The summed E-state index contributed by atoms with van der Waals surface area (Å²) in [5.74, 6) is -1.43. The second kappa shape index (κ2) is 21.7. The van der Waals surface area contributed by atoms with E-state index in [2.05, 4.69) is 15.4 Å². The number of esters is 1. The van der Waals surface area contributed by atoms with Crippen LogP contribution in [-0.4, -0.2) is 48.6 Å². The van der Waals surface area contributed by atoms with Crippen molar-refractivity contribution in [3.05, 3.63) is 0 Å². The highest BCUT2D eigenvalue weighted by Gasteiger charge is 2.19. The fourth-order valence-corrected chi connectivity index (χ4v) is 3.69. The maximum Gasteiger partial charge on any atom is 0.326 e. The molecule has 0 aromatic rings. The Morgan fingerprint density at radius 2 is 1.21 bits per heavy atom. The molecule has 8 nitrogen and oxygen atoms in total. The van der Waals surface area contributed by atoms with Crippen molar-refractivity contribution in [1.82, 2.24) is 10.6 Å². The van der Waals surface area contributed by atoms with Gasteiger partial charge in [0.25, 0.3) is 0 Å². The number of hydrogen-bond acceptors (Lipinski definition) is 5. The molecule has 0 aromatic carbocycles. The molecule has 33 heavy (non-hydrogen) atoms. The van der Waals surface area contributed by atoms with E-state index in [1.165, 1.54) is 59.0 Å². The minimum Gasteiger partial charge on any atom is -0.480 e. The van der Waals surface area contributed by atoms with Crippen LogP contribution in [0.15, 0.2) is 0 Å². The van der Waals surface area contributed by atoms with Crippen LogP contribution in [-0.2, 0) is 23.9 Å². The second-order valence-corrected chi connectivity index (χ2v) is 8.76. The van der Waals surface area contributed by atoms with Crippen molar-refractivity contribution in [1.29, 1.82) is 0 Å². The molecule has 8 heteroatoms. The Kier molecular flexibility index (Phi) is 20.3. The first-order valence-electron chi connectivity index (χ1n) is 12.7. The number of methoxy groups -OCH3 is 1. The van der Waals surface area contributed by atoms with E-state index in [9.17, 15) is 24.3 Å². The largest absolute Gasteiger partial charge is 0.480 e. The Morgan fingerprint density at radius 3 is 1.67 bits per heavy atom. The van der Waals surface area contributed by atoms with E-state index >= 15 is 0 Å². The third-order valence-corrected chi connectivity index (χ3v) is 5.69. The fourth-order valence-electron chi connectivity index (χ4n) is 3.69. The predicted octanol–water partition coefficient (Wildman–Crippen LogP) is 4.50. The van der Waals surface area contributed by atoms with Crippen molar-refractivity contribution in [3.63, 3.8) is 0 Å². The maximum absolute atomic E-state index is 12.0. The minimum atomic E-state index is -1.01. The van der Waals surface area contributed by atoms with E-state index in [4.69, 9.17) is 0 Å². The monoisotopic (exact) mass is 470 g/mol. The first kappa shape index (κ1) is 30.9. The van der Waals surface area contributed by atoms with E-state index in [1.807, 2.05) is 0 Å². The zero-order valence-corrected chi connectivity index (χ0v) is 20.8. The summed E-state index contributed by atoms with van der Waals surface area (Å²) < 4.78 is 4.63. The zero-order valence-electron chi connectivity index (χ0n) is 20.8. The molecule has 0 aliphatic rings. The highest BCUT2D eigenvalue weighted by atomic mass is 16.5. The number of rotatable bonds is 22. The minimum absolute atomic E-state index is 0.0985. The lowest BCUT2D eigenvalue weighted by Gasteiger charge is -2.14. The molecule has 1 atom stereocenters. The SMILES string of the molecule is COC(=O)CCCCCCCCCCCCCCC(=O)N[C@@H](CCCCNC(C)=O)C(=O)O. The number of amides is 2. The summed E-state index contributed by atoms with van der Waals surface area (Å²) in [6.45, 7) is 1.97. The Morgan fingerprint density at radius 1 is 0.727 bits per heavy atom. The Bertz CT molecular complexity index is 553. The van der Waals surface area contributed by atoms with E-state index in [0.717, 1.165) is 32.1 Å². The smallest absolute Gasteiger partial charge is 0.326 e. The average molecular weight is 471 g/mol. The average Bonchev–Trinajstić information content (AvgIpc) is 2.77. The number of ether oxygens (including phenoxy) is 1. The summed E-state index contributed by atoms with van der Waals surface area (Å²) in [4.78, 5) is 45.2. The van der Waals surface area contributed by atoms with Gasteiger partial charge < -0.3 is 20.5 Å². The maximum atomic E-state index is 12.0. The molecular formula is C25H46N2O6. The molecule has 0 bridgehead atoms. The van der Waals surface area contributed by atoms with Crippen LogP contribution >= 0.6 is 0 Å². The number of carbonyl (C=O) groups excluding carboxylic acids is 3. The summed E-state index contributed by atoms with van der Waals surface area (Å²) in [5, 5.41) is 14.6. The van der Waals surface area contributed by atoms with Gasteiger partial charge in [-0.2, -0.15) is 0 Å². The fraction of sp³-hybridized carbons (Fsp3) is 0.840. The van der Waals surface area contributed by atoms with E-state index in [0.29, 0.717) is 38.6 Å². The summed E-state index contributed by atoms with van der Waals surface area (Å²) >= 11 is 0. The topological polar surface area (TPSA) is 122 Å². The van der Waals surface area contributed by atoms with Gasteiger partial charge in [-0.1, -0.05) is 64.2 Å². The number of nitrogens with one attached hydrogen (secondary N) is 2. The number of carboxylic acid groups (broad SMARTS) is 1. The van der Waals surface area contributed by atoms with E-state index < -0.39 is 12.0 Å². The lowest BCUT2D eigenvalue weighted by Crippen LogP contribution is -2.40. The van der Waals surface area contributed by atoms with Gasteiger partial charge in [0.15, 0.2) is 0 Å². The van der Waals surface area contributed by atoms with Crippen LogP contribution in [0.25, 0.3) is 0 Å². The molecule has 0 fully saturated rings. The van der Waals surface area contributed by atoms with Gasteiger partial charge >= 0.3 is 11.9 Å². The normalized spacial score (nSPS) is 11.6. The number of unbranched alkanes of at least 4 members (excludes halogenated alkanes) is 12. The quantitative estimate of drug-likeness (QED) is 0.158. The van der Waals surface area contributed by atoms with Crippen LogP contribution in [0.2, 0.25) is 0 Å². The molecule has 3 N–H and O–H groups in total. The second-order valence-electron chi connectivity index (χ2n) is 8.76. The lowest BCUT2D eigenvalue weighted by atomic mass is 10.0. The van der Waals surface area contributed by atoms with E-state index in [-0.39, 0.29) is 17.8 Å². The third-order valence-electron chi connectivity index (χ3n) is 5.69. The standard InChI is InChI=1S/C25H46N2O6/c1-21(28)26-20-16-15-17-22(25(31)32)27-23(29)18-13-11-9-7-5-3-4-6-8-10-12-14-19-24(30)33-2/h22H,3-20H2,1-2H3,(H,26,28)(H,27,29)(H,31,32)/t22-/m0/s1. The van der Waals surface area contributed by atoms with Crippen LogP contribution < -0.4 is 10.6 Å². The molecule has 0 rings (SSSR count). The van der Waals surface area contributed by atoms with Crippen molar-refractivity contribution in [2.24, 2.45) is 0 Å². The molecule has 0 unspecified atom stereocenters. The Labute approximate surface area is 199 Å². The summed E-state index contributed by atoms with van der Waals surface area (Å²) in [6, 6.07) is -0.859. The van der Waals surface area contributed by atoms with Crippen molar-refractivity contribution in [3.8, 4) is 0 Å². The molecule has 0 spiro atoms. The Balaban J connectivity index is 3.54. The van der Waals surface area contributed by atoms with Gasteiger partial charge in [0, 0.05) is 26.3 Å².